The van der Waals surface area contributed by atoms with Gasteiger partial charge in [0.15, 0.2) is 0 Å². The fraction of sp³-hybridized carbons (Fsp3) is 0.500. The van der Waals surface area contributed by atoms with E-state index in [1.807, 2.05) is 0 Å². The van der Waals surface area contributed by atoms with Gasteiger partial charge in [-0.1, -0.05) is 0 Å². The third-order valence-electron chi connectivity index (χ3n) is 4.43. The molecule has 2 aliphatic rings. The molecule has 0 aromatic heterocycles. The van der Waals surface area contributed by atoms with Crippen molar-refractivity contribution in [3.63, 3.8) is 0 Å². The van der Waals surface area contributed by atoms with Crippen molar-refractivity contribution in [2.45, 2.75) is 12.5 Å². The second-order valence-electron chi connectivity index (χ2n) is 5.82. The number of amides is 2. The van der Waals surface area contributed by atoms with E-state index in [9.17, 15) is 9.59 Å². The van der Waals surface area contributed by atoms with E-state index in [0.717, 1.165) is 26.2 Å². The smallest absolute Gasteiger partial charge is 0.251 e. The molecule has 0 N–H and O–H groups in total. The van der Waals surface area contributed by atoms with Gasteiger partial charge in [-0.3, -0.25) is 14.5 Å². The van der Waals surface area contributed by atoms with Crippen molar-refractivity contribution in [3.05, 3.63) is 24.3 Å². The Bertz CT molecular complexity index is 565. The highest BCUT2D eigenvalue weighted by atomic mass is 16.5. The van der Waals surface area contributed by atoms with Crippen molar-refractivity contribution in [2.75, 3.05) is 45.2 Å². The Labute approximate surface area is 130 Å². The van der Waals surface area contributed by atoms with E-state index in [2.05, 4.69) is 16.8 Å². The van der Waals surface area contributed by atoms with Crippen molar-refractivity contribution in [3.8, 4) is 5.75 Å². The minimum absolute atomic E-state index is 0.111. The Morgan fingerprint density at radius 3 is 2.27 bits per heavy atom. The minimum atomic E-state index is -0.316. The summed E-state index contributed by atoms with van der Waals surface area (Å²) in [7, 11) is 3.66. The third-order valence-corrected chi connectivity index (χ3v) is 4.43. The Morgan fingerprint density at radius 2 is 1.68 bits per heavy atom. The van der Waals surface area contributed by atoms with E-state index < -0.39 is 0 Å². The summed E-state index contributed by atoms with van der Waals surface area (Å²) in [6.07, 6.45) is 0.272. The van der Waals surface area contributed by atoms with Crippen molar-refractivity contribution in [1.82, 2.24) is 9.80 Å². The van der Waals surface area contributed by atoms with Gasteiger partial charge in [0.2, 0.25) is 5.91 Å². The van der Waals surface area contributed by atoms with Crippen LogP contribution in [0.1, 0.15) is 6.42 Å². The molecule has 2 heterocycles. The van der Waals surface area contributed by atoms with Gasteiger partial charge in [0.1, 0.15) is 5.75 Å². The summed E-state index contributed by atoms with van der Waals surface area (Å²) >= 11 is 0. The molecule has 1 aromatic carbocycles. The van der Waals surface area contributed by atoms with Crippen LogP contribution >= 0.6 is 0 Å². The molecule has 0 bridgehead atoms. The Balaban J connectivity index is 1.76. The van der Waals surface area contributed by atoms with E-state index in [-0.39, 0.29) is 24.3 Å². The van der Waals surface area contributed by atoms with Crippen LogP contribution in [0.2, 0.25) is 0 Å². The number of likely N-dealkylation sites (N-methyl/N-ethyl adjacent to an activating group) is 1. The Kier molecular flexibility index (Phi) is 4.13. The molecule has 2 fully saturated rings. The quantitative estimate of drug-likeness (QED) is 0.764. The molecule has 1 atom stereocenters. The van der Waals surface area contributed by atoms with Gasteiger partial charge >= 0.3 is 0 Å². The van der Waals surface area contributed by atoms with Gasteiger partial charge in [-0.25, -0.2) is 4.90 Å². The summed E-state index contributed by atoms with van der Waals surface area (Å²) in [5.41, 5.74) is 0.618. The molecule has 0 spiro atoms. The van der Waals surface area contributed by atoms with Crippen LogP contribution in [-0.2, 0) is 9.59 Å². The van der Waals surface area contributed by atoms with Crippen LogP contribution < -0.4 is 9.64 Å². The number of rotatable bonds is 3. The summed E-state index contributed by atoms with van der Waals surface area (Å²) in [5, 5.41) is 0. The SMILES string of the molecule is COc1ccc(N2C(=O)C[C@@H](N3CCN(C)CC3)C2=O)cc1. The molecule has 22 heavy (non-hydrogen) atoms. The zero-order chi connectivity index (χ0) is 15.7. The summed E-state index contributed by atoms with van der Waals surface area (Å²) in [5.74, 6) is 0.470. The first kappa shape index (κ1) is 15.0. The lowest BCUT2D eigenvalue weighted by molar-refractivity contribution is -0.123. The van der Waals surface area contributed by atoms with Crippen LogP contribution in [0.15, 0.2) is 24.3 Å². The molecule has 2 amide bonds. The predicted molar refractivity (Wildman–Crippen MR) is 83.0 cm³/mol. The van der Waals surface area contributed by atoms with Crippen molar-refractivity contribution in [1.29, 1.82) is 0 Å². The Hall–Kier alpha value is -1.92. The second-order valence-corrected chi connectivity index (χ2v) is 5.82. The summed E-state index contributed by atoms with van der Waals surface area (Å²) in [6.45, 7) is 3.52. The van der Waals surface area contributed by atoms with Gasteiger partial charge in [0.05, 0.1) is 25.3 Å². The maximum Gasteiger partial charge on any atom is 0.251 e. The van der Waals surface area contributed by atoms with E-state index in [0.29, 0.717) is 11.4 Å². The third kappa shape index (κ3) is 2.71. The summed E-state index contributed by atoms with van der Waals surface area (Å²) in [4.78, 5) is 30.6. The largest absolute Gasteiger partial charge is 0.497 e. The highest BCUT2D eigenvalue weighted by molar-refractivity contribution is 6.22. The van der Waals surface area contributed by atoms with Crippen LogP contribution in [-0.4, -0.2) is 68.0 Å². The van der Waals surface area contributed by atoms with E-state index in [1.54, 1.807) is 31.4 Å². The standard InChI is InChI=1S/C16H21N3O3/c1-17-7-9-18(10-8-17)14-11-15(20)19(16(14)21)12-3-5-13(22-2)6-4-12/h3-6,14H,7-11H2,1-2H3/t14-/m1/s1. The van der Waals surface area contributed by atoms with E-state index in [4.69, 9.17) is 4.74 Å². The molecular weight excluding hydrogens is 282 g/mol. The lowest BCUT2D eigenvalue weighted by Crippen LogP contribution is -2.51. The van der Waals surface area contributed by atoms with Gasteiger partial charge < -0.3 is 9.64 Å². The molecule has 2 saturated heterocycles. The van der Waals surface area contributed by atoms with Crippen molar-refractivity contribution in [2.24, 2.45) is 0 Å². The molecule has 0 aliphatic carbocycles. The number of methoxy groups -OCH3 is 1. The summed E-state index contributed by atoms with van der Waals surface area (Å²) in [6, 6.07) is 6.71. The van der Waals surface area contributed by atoms with Gasteiger partial charge in [-0.2, -0.15) is 0 Å². The zero-order valence-corrected chi connectivity index (χ0v) is 13.0. The first-order valence-electron chi connectivity index (χ1n) is 7.53. The number of anilines is 1. The fourth-order valence-corrected chi connectivity index (χ4v) is 3.04. The van der Waals surface area contributed by atoms with Gasteiger partial charge in [-0.05, 0) is 31.3 Å². The highest BCUT2D eigenvalue weighted by Crippen LogP contribution is 2.27. The van der Waals surface area contributed by atoms with E-state index in [1.165, 1.54) is 4.90 Å². The van der Waals surface area contributed by atoms with Crippen LogP contribution in [0.4, 0.5) is 5.69 Å². The number of hydrogen-bond donors (Lipinski definition) is 0. The van der Waals surface area contributed by atoms with Gasteiger partial charge in [0.25, 0.3) is 5.91 Å². The molecule has 0 unspecified atom stereocenters. The average molecular weight is 303 g/mol. The topological polar surface area (TPSA) is 53.1 Å². The molecule has 6 nitrogen and oxygen atoms in total. The first-order chi connectivity index (χ1) is 10.6. The maximum atomic E-state index is 12.7. The van der Waals surface area contributed by atoms with Crippen molar-refractivity contribution >= 4 is 17.5 Å². The van der Waals surface area contributed by atoms with Crippen molar-refractivity contribution < 1.29 is 14.3 Å². The molecular formula is C16H21N3O3. The molecule has 0 saturated carbocycles. The number of benzene rings is 1. The van der Waals surface area contributed by atoms with Crippen LogP contribution in [0, 0.1) is 0 Å². The average Bonchev–Trinajstić information content (AvgIpc) is 2.83. The maximum absolute atomic E-state index is 12.7. The van der Waals surface area contributed by atoms with E-state index >= 15 is 0 Å². The monoisotopic (exact) mass is 303 g/mol. The number of carbonyl (C=O) groups is 2. The minimum Gasteiger partial charge on any atom is -0.497 e. The number of hydrogen-bond acceptors (Lipinski definition) is 5. The van der Waals surface area contributed by atoms with Gasteiger partial charge in [-0.15, -0.1) is 0 Å². The Morgan fingerprint density at radius 1 is 1.05 bits per heavy atom. The van der Waals surface area contributed by atoms with Crippen LogP contribution in [0.3, 0.4) is 0 Å². The highest BCUT2D eigenvalue weighted by Gasteiger charge is 2.43. The molecule has 2 aliphatic heterocycles. The number of nitrogens with zero attached hydrogens (tertiary/aromatic N) is 3. The molecule has 118 valence electrons. The number of carbonyl (C=O) groups excluding carboxylic acids is 2. The lowest BCUT2D eigenvalue weighted by Gasteiger charge is -2.35. The fourth-order valence-electron chi connectivity index (χ4n) is 3.04. The van der Waals surface area contributed by atoms with Gasteiger partial charge in [0, 0.05) is 26.2 Å². The molecule has 1 aromatic rings. The molecule has 6 heteroatoms. The number of ether oxygens (including phenoxy) is 1. The first-order valence-corrected chi connectivity index (χ1v) is 7.53. The normalized spacial score (nSPS) is 24.1. The molecule has 0 radical (unpaired) electrons. The second kappa shape index (κ2) is 6.06. The lowest BCUT2D eigenvalue weighted by atomic mass is 10.2. The number of imide groups is 1. The molecule has 3 rings (SSSR count). The number of piperazine rings is 1. The summed E-state index contributed by atoms with van der Waals surface area (Å²) < 4.78 is 5.11. The zero-order valence-electron chi connectivity index (χ0n) is 13.0. The van der Waals surface area contributed by atoms with Crippen LogP contribution in [0.5, 0.6) is 5.75 Å². The predicted octanol–water partition coefficient (Wildman–Crippen LogP) is 0.574. The van der Waals surface area contributed by atoms with Crippen LogP contribution in [0.25, 0.3) is 0 Å².